The Morgan fingerprint density at radius 3 is 3.17 bits per heavy atom. The van der Waals surface area contributed by atoms with E-state index in [9.17, 15) is 4.79 Å². The first-order chi connectivity index (χ1) is 8.72. The lowest BCUT2D eigenvalue weighted by atomic mass is 10.1. The molecule has 94 valence electrons. The summed E-state index contributed by atoms with van der Waals surface area (Å²) in [6.45, 7) is 0. The molecule has 0 atom stereocenters. The zero-order valence-electron chi connectivity index (χ0n) is 10.0. The van der Waals surface area contributed by atoms with Crippen molar-refractivity contribution in [3.05, 3.63) is 33.3 Å². The Morgan fingerprint density at radius 1 is 1.56 bits per heavy atom. The van der Waals surface area contributed by atoms with Gasteiger partial charge in [0.1, 0.15) is 0 Å². The van der Waals surface area contributed by atoms with Gasteiger partial charge in [-0.2, -0.15) is 11.8 Å². The number of aromatic nitrogens is 3. The Labute approximate surface area is 113 Å². The van der Waals surface area contributed by atoms with Crippen LogP contribution in [0.15, 0.2) is 12.3 Å². The summed E-state index contributed by atoms with van der Waals surface area (Å²) in [5, 5.41) is 7.80. The Hall–Kier alpha value is -1.14. The molecule has 1 aliphatic heterocycles. The molecule has 0 amide bonds. The number of ketones is 1. The lowest BCUT2D eigenvalue weighted by Crippen LogP contribution is -2.01. The quantitative estimate of drug-likeness (QED) is 0.807. The minimum absolute atomic E-state index is 0.153. The van der Waals surface area contributed by atoms with Gasteiger partial charge in [-0.15, -0.1) is 16.4 Å². The highest BCUT2D eigenvalue weighted by Gasteiger charge is 2.18. The van der Waals surface area contributed by atoms with Crippen LogP contribution in [-0.2, 0) is 25.6 Å². The second kappa shape index (κ2) is 4.85. The maximum atomic E-state index is 12.2. The first-order valence-electron chi connectivity index (χ1n) is 5.80. The minimum Gasteiger partial charge on any atom is -0.293 e. The van der Waals surface area contributed by atoms with Crippen molar-refractivity contribution >= 4 is 28.9 Å². The normalized spacial score (nSPS) is 14.5. The fourth-order valence-electron chi connectivity index (χ4n) is 2.01. The average Bonchev–Trinajstić information content (AvgIpc) is 2.95. The number of fused-ring (bicyclic) bond motifs is 1. The second-order valence-electron chi connectivity index (χ2n) is 4.35. The fourth-order valence-corrected chi connectivity index (χ4v) is 4.32. The molecular formula is C12H13N3OS2. The van der Waals surface area contributed by atoms with Crippen molar-refractivity contribution in [3.63, 3.8) is 0 Å². The maximum Gasteiger partial charge on any atom is 0.178 e. The standard InChI is InChI=1S/C12H13N3OS2/c1-15-6-9(13-14-15)5-10(16)12-4-8-7-17-3-2-11(8)18-12/h4,6H,2-3,5,7H2,1H3. The molecule has 2 aromatic heterocycles. The van der Waals surface area contributed by atoms with E-state index in [0.29, 0.717) is 6.42 Å². The van der Waals surface area contributed by atoms with E-state index >= 15 is 0 Å². The van der Waals surface area contributed by atoms with Crippen LogP contribution in [0.25, 0.3) is 0 Å². The van der Waals surface area contributed by atoms with E-state index in [4.69, 9.17) is 0 Å². The van der Waals surface area contributed by atoms with Crippen LogP contribution < -0.4 is 0 Å². The van der Waals surface area contributed by atoms with Crippen molar-refractivity contribution in [2.45, 2.75) is 18.6 Å². The molecule has 0 radical (unpaired) electrons. The van der Waals surface area contributed by atoms with Gasteiger partial charge in [0, 0.05) is 23.9 Å². The van der Waals surface area contributed by atoms with E-state index in [1.807, 2.05) is 18.8 Å². The monoisotopic (exact) mass is 279 g/mol. The molecule has 4 nitrogen and oxygen atoms in total. The van der Waals surface area contributed by atoms with Gasteiger partial charge in [0.15, 0.2) is 5.78 Å². The number of nitrogens with zero attached hydrogens (tertiary/aromatic N) is 3. The average molecular weight is 279 g/mol. The molecule has 0 unspecified atom stereocenters. The van der Waals surface area contributed by atoms with Crippen LogP contribution in [0.2, 0.25) is 0 Å². The van der Waals surface area contributed by atoms with Crippen LogP contribution in [0.1, 0.15) is 25.8 Å². The van der Waals surface area contributed by atoms with Crippen LogP contribution in [0.5, 0.6) is 0 Å². The number of thiophene rings is 1. The molecule has 6 heteroatoms. The number of thioether (sulfide) groups is 1. The number of carbonyl (C=O) groups excluding carboxylic acids is 1. The Bertz CT molecular complexity index is 564. The van der Waals surface area contributed by atoms with Crippen LogP contribution in [-0.4, -0.2) is 26.5 Å². The van der Waals surface area contributed by atoms with E-state index in [2.05, 4.69) is 16.4 Å². The predicted octanol–water partition coefficient (Wildman–Crippen LogP) is 2.09. The first kappa shape index (κ1) is 11.9. The van der Waals surface area contributed by atoms with Gasteiger partial charge in [-0.3, -0.25) is 9.48 Å². The minimum atomic E-state index is 0.153. The van der Waals surface area contributed by atoms with Crippen LogP contribution in [0.3, 0.4) is 0 Å². The molecule has 18 heavy (non-hydrogen) atoms. The van der Waals surface area contributed by atoms with Crippen molar-refractivity contribution in [2.24, 2.45) is 7.05 Å². The van der Waals surface area contributed by atoms with Crippen molar-refractivity contribution < 1.29 is 4.79 Å². The van der Waals surface area contributed by atoms with Crippen LogP contribution in [0.4, 0.5) is 0 Å². The van der Waals surface area contributed by atoms with Crippen molar-refractivity contribution in [2.75, 3.05) is 5.75 Å². The number of rotatable bonds is 3. The fraction of sp³-hybridized carbons (Fsp3) is 0.417. The van der Waals surface area contributed by atoms with Gasteiger partial charge in [-0.25, -0.2) is 0 Å². The molecule has 3 rings (SSSR count). The molecule has 3 heterocycles. The highest BCUT2D eigenvalue weighted by atomic mass is 32.2. The van der Waals surface area contributed by atoms with E-state index in [1.54, 1.807) is 22.2 Å². The molecule has 0 saturated carbocycles. The number of hydrogen-bond acceptors (Lipinski definition) is 5. The first-order valence-corrected chi connectivity index (χ1v) is 7.77. The maximum absolute atomic E-state index is 12.2. The summed E-state index contributed by atoms with van der Waals surface area (Å²) >= 11 is 3.59. The van der Waals surface area contributed by atoms with Gasteiger partial charge < -0.3 is 0 Å². The zero-order chi connectivity index (χ0) is 12.5. The number of aryl methyl sites for hydroxylation is 2. The summed E-state index contributed by atoms with van der Waals surface area (Å²) in [5.74, 6) is 2.37. The van der Waals surface area contributed by atoms with Crippen LogP contribution >= 0.6 is 23.1 Å². The SMILES string of the molecule is Cn1cc(CC(=O)c2cc3c(s2)CCSC3)nn1. The second-order valence-corrected chi connectivity index (χ2v) is 6.59. The summed E-state index contributed by atoms with van der Waals surface area (Å²) in [6.07, 6.45) is 3.24. The summed E-state index contributed by atoms with van der Waals surface area (Å²) in [6, 6.07) is 2.06. The third-order valence-electron chi connectivity index (χ3n) is 2.89. The van der Waals surface area contributed by atoms with Crippen molar-refractivity contribution in [1.82, 2.24) is 15.0 Å². The summed E-state index contributed by atoms with van der Waals surface area (Å²) in [4.78, 5) is 14.4. The molecule has 0 N–H and O–H groups in total. The van der Waals surface area contributed by atoms with Gasteiger partial charge in [0.25, 0.3) is 0 Å². The molecule has 0 bridgehead atoms. The Kier molecular flexibility index (Phi) is 3.22. The predicted molar refractivity (Wildman–Crippen MR) is 73.2 cm³/mol. The molecule has 0 fully saturated rings. The third kappa shape index (κ3) is 2.35. The molecular weight excluding hydrogens is 266 g/mol. The molecule has 0 aromatic carbocycles. The molecule has 0 spiro atoms. The smallest absolute Gasteiger partial charge is 0.178 e. The van der Waals surface area contributed by atoms with E-state index in [0.717, 1.165) is 22.7 Å². The topological polar surface area (TPSA) is 47.8 Å². The highest BCUT2D eigenvalue weighted by Crippen LogP contribution is 2.32. The van der Waals surface area contributed by atoms with E-state index in [-0.39, 0.29) is 5.78 Å². The molecule has 0 aliphatic carbocycles. The van der Waals surface area contributed by atoms with Crippen molar-refractivity contribution in [1.29, 1.82) is 0 Å². The van der Waals surface area contributed by atoms with Crippen molar-refractivity contribution in [3.8, 4) is 0 Å². The van der Waals surface area contributed by atoms with Gasteiger partial charge in [0.05, 0.1) is 17.0 Å². The summed E-state index contributed by atoms with van der Waals surface area (Å²) in [5.41, 5.74) is 2.09. The largest absolute Gasteiger partial charge is 0.293 e. The van der Waals surface area contributed by atoms with E-state index in [1.165, 1.54) is 16.2 Å². The van der Waals surface area contributed by atoms with Gasteiger partial charge in [0.2, 0.25) is 0 Å². The van der Waals surface area contributed by atoms with Gasteiger partial charge >= 0.3 is 0 Å². The van der Waals surface area contributed by atoms with Gasteiger partial charge in [-0.05, 0) is 23.8 Å². The number of Topliss-reactive ketones (excluding diaryl/α,β-unsaturated/α-hetero) is 1. The molecule has 1 aliphatic rings. The van der Waals surface area contributed by atoms with Crippen LogP contribution in [0, 0.1) is 0 Å². The lowest BCUT2D eigenvalue weighted by molar-refractivity contribution is 0.0995. The highest BCUT2D eigenvalue weighted by molar-refractivity contribution is 7.98. The molecule has 0 saturated heterocycles. The lowest BCUT2D eigenvalue weighted by Gasteiger charge is -2.08. The number of carbonyl (C=O) groups is 1. The summed E-state index contributed by atoms with van der Waals surface area (Å²) < 4.78 is 1.62. The number of hydrogen-bond donors (Lipinski definition) is 0. The third-order valence-corrected chi connectivity index (χ3v) is 5.18. The summed E-state index contributed by atoms with van der Waals surface area (Å²) in [7, 11) is 1.81. The van der Waals surface area contributed by atoms with Gasteiger partial charge in [-0.1, -0.05) is 5.21 Å². The Balaban J connectivity index is 1.78. The zero-order valence-corrected chi connectivity index (χ0v) is 11.7. The molecule has 2 aromatic rings. The van der Waals surface area contributed by atoms with E-state index < -0.39 is 0 Å². The Morgan fingerprint density at radius 2 is 2.44 bits per heavy atom.